The molecule has 0 atom stereocenters. The van der Waals surface area contributed by atoms with Crippen LogP contribution in [0.25, 0.3) is 59.7 Å². The summed E-state index contributed by atoms with van der Waals surface area (Å²) < 4.78 is 93.9. The van der Waals surface area contributed by atoms with Gasteiger partial charge < -0.3 is 9.13 Å². The van der Waals surface area contributed by atoms with Crippen LogP contribution >= 0.6 is 0 Å². The van der Waals surface area contributed by atoms with Crippen LogP contribution in [-0.2, 0) is 14.1 Å². The molecule has 0 N–H and O–H groups in total. The first-order chi connectivity index (χ1) is 18.0. The second-order valence-electron chi connectivity index (χ2n) is 7.94. The van der Waals surface area contributed by atoms with E-state index in [0.717, 1.165) is 23.2 Å². The van der Waals surface area contributed by atoms with E-state index in [2.05, 4.69) is 14.8 Å². The molecular formula is C24H6F6N8. The summed E-state index contributed by atoms with van der Waals surface area (Å²) in [4.78, 5) is 10.6. The molecule has 38 heavy (non-hydrogen) atoms. The van der Waals surface area contributed by atoms with Crippen LogP contribution in [0.5, 0.6) is 0 Å². The zero-order chi connectivity index (χ0) is 27.8. The van der Waals surface area contributed by atoms with Crippen LogP contribution in [0, 0.1) is 75.5 Å². The number of rotatable bonds is 0. The number of aromatic nitrogens is 4. The molecule has 0 unspecified atom stereocenters. The van der Waals surface area contributed by atoms with Gasteiger partial charge in [-0.05, 0) is 0 Å². The summed E-state index contributed by atoms with van der Waals surface area (Å²) in [7, 11) is 2.23. The van der Waals surface area contributed by atoms with Crippen molar-refractivity contribution in [1.29, 1.82) is 15.8 Å². The third-order valence-corrected chi connectivity index (χ3v) is 6.16. The Kier molecular flexibility index (Phi) is 5.05. The molecule has 0 bridgehead atoms. The zero-order valence-electron chi connectivity index (χ0n) is 18.8. The van der Waals surface area contributed by atoms with Crippen LogP contribution in [0.15, 0.2) is 0 Å². The summed E-state index contributed by atoms with van der Waals surface area (Å²) in [5.74, 6) is -11.1. The lowest BCUT2D eigenvalue weighted by Gasteiger charge is -2.13. The van der Waals surface area contributed by atoms with Gasteiger partial charge in [0.25, 0.3) is 0 Å². The Morgan fingerprint density at radius 3 is 1.76 bits per heavy atom. The van der Waals surface area contributed by atoms with Crippen LogP contribution < -0.4 is 11.0 Å². The molecular weight excluding hydrogens is 514 g/mol. The molecule has 2 heterocycles. The molecule has 0 spiro atoms. The van der Waals surface area contributed by atoms with Crippen molar-refractivity contribution in [2.75, 3.05) is 0 Å². The highest BCUT2D eigenvalue weighted by molar-refractivity contribution is 6.23. The third-order valence-electron chi connectivity index (χ3n) is 6.16. The van der Waals surface area contributed by atoms with Crippen molar-refractivity contribution >= 4 is 54.9 Å². The molecule has 0 radical (unpaired) electrons. The molecule has 2 aromatic heterocycles. The Labute approximate surface area is 206 Å². The minimum atomic E-state index is -1.97. The summed E-state index contributed by atoms with van der Waals surface area (Å²) >= 11 is 0. The van der Waals surface area contributed by atoms with Crippen LogP contribution in [0.1, 0.15) is 0 Å². The van der Waals surface area contributed by atoms with Gasteiger partial charge in [-0.3, -0.25) is 0 Å². The molecule has 184 valence electrons. The number of imidazole rings is 2. The van der Waals surface area contributed by atoms with Gasteiger partial charge in [0.05, 0.1) is 34.4 Å². The first-order valence-electron chi connectivity index (χ1n) is 10.2. The number of hydrogen-bond acceptors (Lipinski definition) is 5. The summed E-state index contributed by atoms with van der Waals surface area (Å²) in [5, 5.41) is 23.4. The smallest absolute Gasteiger partial charge is 0.303 e. The van der Waals surface area contributed by atoms with Gasteiger partial charge in [-0.15, -0.1) is 0 Å². The highest BCUT2D eigenvalue weighted by Gasteiger charge is 2.32. The van der Waals surface area contributed by atoms with Crippen LogP contribution in [0.2, 0.25) is 0 Å². The number of nitrogens with zero attached hydrogens (tertiary/aromatic N) is 8. The van der Waals surface area contributed by atoms with E-state index >= 15 is 26.3 Å². The molecule has 0 aliphatic rings. The quantitative estimate of drug-likeness (QED) is 0.177. The Balaban J connectivity index is 2.28. The van der Waals surface area contributed by atoms with Crippen LogP contribution in [-0.4, -0.2) is 19.1 Å². The Bertz CT molecular complexity index is 2230. The highest BCUT2D eigenvalue weighted by atomic mass is 19.2. The van der Waals surface area contributed by atoms with E-state index in [9.17, 15) is 15.8 Å². The van der Waals surface area contributed by atoms with Crippen molar-refractivity contribution in [2.24, 2.45) is 14.1 Å². The molecule has 5 rings (SSSR count). The molecule has 0 saturated heterocycles. The van der Waals surface area contributed by atoms with Crippen molar-refractivity contribution in [3.05, 3.63) is 57.3 Å². The average molecular weight is 520 g/mol. The molecule has 3 aromatic carbocycles. The van der Waals surface area contributed by atoms with Crippen molar-refractivity contribution in [2.45, 2.75) is 0 Å². The number of hydrogen-bond donors (Lipinski definition) is 0. The third kappa shape index (κ3) is 2.71. The number of halogens is 6. The lowest BCUT2D eigenvalue weighted by molar-refractivity contribution is 0.498. The van der Waals surface area contributed by atoms with Gasteiger partial charge >= 0.3 is 5.70 Å². The Morgan fingerprint density at radius 1 is 0.658 bits per heavy atom. The van der Waals surface area contributed by atoms with E-state index in [1.807, 2.05) is 0 Å². The van der Waals surface area contributed by atoms with E-state index in [4.69, 9.17) is 6.57 Å². The molecule has 14 heteroatoms. The van der Waals surface area contributed by atoms with E-state index in [1.54, 1.807) is 0 Å². The van der Waals surface area contributed by atoms with Crippen molar-refractivity contribution in [3.8, 4) is 18.2 Å². The number of benzene rings is 3. The first-order valence-corrected chi connectivity index (χ1v) is 10.2. The summed E-state index contributed by atoms with van der Waals surface area (Å²) in [6, 6.07) is 4.53. The fourth-order valence-corrected chi connectivity index (χ4v) is 4.55. The standard InChI is InChI=1S/C24H6F6N8/c1-34-8(6-33)24-35-19-10-9-12(16(28)14(26)11(10)15(27)18(30)22(19)38(24)3)21-20(17(29)13(9)25)36-23(37(21)2)7(4-31)5-32/h2-3H3/b24-8-. The lowest BCUT2D eigenvalue weighted by atomic mass is 9.97. The van der Waals surface area contributed by atoms with Crippen LogP contribution in [0.4, 0.5) is 26.3 Å². The van der Waals surface area contributed by atoms with E-state index in [0.29, 0.717) is 0 Å². The summed E-state index contributed by atoms with van der Waals surface area (Å²) in [5.41, 5.74) is -5.17. The van der Waals surface area contributed by atoms with Gasteiger partial charge in [0.2, 0.25) is 0 Å². The zero-order valence-corrected chi connectivity index (χ0v) is 18.8. The topological polar surface area (TPSA) is 111 Å². The van der Waals surface area contributed by atoms with Crippen LogP contribution in [0.3, 0.4) is 0 Å². The maximum atomic E-state index is 15.6. The van der Waals surface area contributed by atoms with E-state index < -0.39 is 101 Å². The van der Waals surface area contributed by atoms with E-state index in [1.165, 1.54) is 18.2 Å². The number of nitriles is 3. The largest absolute Gasteiger partial charge is 0.333 e. The average Bonchev–Trinajstić information content (AvgIpc) is 3.42. The van der Waals surface area contributed by atoms with Gasteiger partial charge in [-0.2, -0.15) is 10.5 Å². The Hall–Kier alpha value is -5.60. The molecule has 0 aliphatic carbocycles. The number of fused-ring (bicyclic) bond motifs is 7. The van der Waals surface area contributed by atoms with Gasteiger partial charge in [-0.1, -0.05) is 0 Å². The maximum absolute atomic E-state index is 15.6. The minimum Gasteiger partial charge on any atom is -0.333 e. The first kappa shape index (κ1) is 24.1. The number of aryl methyl sites for hydroxylation is 2. The predicted octanol–water partition coefficient (Wildman–Crippen LogP) is 3.35. The van der Waals surface area contributed by atoms with Crippen molar-refractivity contribution in [1.82, 2.24) is 19.1 Å². The highest BCUT2D eigenvalue weighted by Crippen LogP contribution is 2.42. The van der Waals surface area contributed by atoms with Gasteiger partial charge in [-0.25, -0.2) is 46.4 Å². The normalized spacial score (nSPS) is 12.0. The fourth-order valence-electron chi connectivity index (χ4n) is 4.55. The summed E-state index contributed by atoms with van der Waals surface area (Å²) in [6.45, 7) is 7.13. The van der Waals surface area contributed by atoms with Crippen molar-refractivity contribution in [3.63, 3.8) is 0 Å². The maximum Gasteiger partial charge on any atom is 0.303 e. The van der Waals surface area contributed by atoms with Gasteiger partial charge in [0.1, 0.15) is 28.7 Å². The molecule has 8 nitrogen and oxygen atoms in total. The second kappa shape index (κ2) is 7.95. The summed E-state index contributed by atoms with van der Waals surface area (Å²) in [6.07, 6.45) is 0. The predicted molar refractivity (Wildman–Crippen MR) is 119 cm³/mol. The Morgan fingerprint density at radius 2 is 1.18 bits per heavy atom. The molecule has 0 aliphatic heterocycles. The fraction of sp³-hybridized carbons (Fsp3) is 0.0833. The van der Waals surface area contributed by atoms with Crippen molar-refractivity contribution < 1.29 is 26.3 Å². The van der Waals surface area contributed by atoms with Gasteiger partial charge in [0.15, 0.2) is 46.0 Å². The molecule has 0 amide bonds. The lowest BCUT2D eigenvalue weighted by Crippen LogP contribution is -2.17. The molecule has 0 fully saturated rings. The molecule has 5 aromatic rings. The minimum absolute atomic E-state index is 0.489. The SMILES string of the molecule is [C-]#[N+]/C(C#N)=c1/nc2c3c(c(F)c(F)c4c3c(F)c(F)c3nc(=C(C#N)C#N)n(C)c34)c(F)c(F)c2n1C. The van der Waals surface area contributed by atoms with Gasteiger partial charge in [0, 0.05) is 24.9 Å². The van der Waals surface area contributed by atoms with E-state index in [-0.39, 0.29) is 0 Å². The monoisotopic (exact) mass is 520 g/mol. The molecule has 0 saturated carbocycles. The second-order valence-corrected chi connectivity index (χ2v) is 7.94.